The highest BCUT2D eigenvalue weighted by Gasteiger charge is 2.18. The summed E-state index contributed by atoms with van der Waals surface area (Å²) in [4.78, 5) is 23.6. The number of amides is 2. The molecule has 1 aromatic carbocycles. The molecule has 0 spiro atoms. The Morgan fingerprint density at radius 3 is 2.00 bits per heavy atom. The first-order chi connectivity index (χ1) is 10.5. The van der Waals surface area contributed by atoms with Crippen LogP contribution in [0.1, 0.15) is 47.1 Å². The number of para-hydroxylation sites is 1. The molecule has 23 heavy (non-hydrogen) atoms. The van der Waals surface area contributed by atoms with Gasteiger partial charge in [0.15, 0.2) is 0 Å². The summed E-state index contributed by atoms with van der Waals surface area (Å²) < 4.78 is 10.4. The normalized spacial score (nSPS) is 11.6. The fraction of sp³-hybridized carbons (Fsp3) is 0.529. The maximum atomic E-state index is 11.9. The van der Waals surface area contributed by atoms with Crippen molar-refractivity contribution < 1.29 is 19.1 Å². The summed E-state index contributed by atoms with van der Waals surface area (Å²) in [6.45, 7) is 11.0. The Morgan fingerprint density at radius 2 is 1.43 bits per heavy atom. The van der Waals surface area contributed by atoms with Gasteiger partial charge in [0.05, 0.1) is 0 Å². The first-order valence-electron chi connectivity index (χ1n) is 7.51. The largest absolute Gasteiger partial charge is 0.444 e. The van der Waals surface area contributed by atoms with Crippen LogP contribution in [0, 0.1) is 0 Å². The zero-order valence-corrected chi connectivity index (χ0v) is 14.6. The Morgan fingerprint density at radius 1 is 0.913 bits per heavy atom. The van der Waals surface area contributed by atoms with Crippen LogP contribution in [0.3, 0.4) is 0 Å². The van der Waals surface area contributed by atoms with Crippen LogP contribution >= 0.6 is 0 Å². The first-order valence-corrected chi connectivity index (χ1v) is 7.51. The molecule has 6 heteroatoms. The van der Waals surface area contributed by atoms with Crippen molar-refractivity contribution in [1.82, 2.24) is 5.32 Å². The number of anilines is 1. The molecule has 0 saturated heterocycles. The van der Waals surface area contributed by atoms with Gasteiger partial charge in [0, 0.05) is 12.2 Å². The van der Waals surface area contributed by atoms with E-state index in [1.807, 2.05) is 12.1 Å². The smallest absolute Gasteiger partial charge is 0.412 e. The van der Waals surface area contributed by atoms with E-state index >= 15 is 0 Å². The lowest BCUT2D eigenvalue weighted by atomic mass is 10.1. The van der Waals surface area contributed by atoms with E-state index in [1.54, 1.807) is 53.7 Å². The number of hydrogen-bond donors (Lipinski definition) is 2. The third kappa shape index (κ3) is 8.09. The second kappa shape index (κ2) is 7.35. The van der Waals surface area contributed by atoms with E-state index in [1.165, 1.54) is 0 Å². The van der Waals surface area contributed by atoms with E-state index in [0.717, 1.165) is 5.56 Å². The van der Waals surface area contributed by atoms with Crippen LogP contribution in [0.5, 0.6) is 0 Å². The van der Waals surface area contributed by atoms with Gasteiger partial charge in [-0.25, -0.2) is 9.59 Å². The van der Waals surface area contributed by atoms with E-state index in [2.05, 4.69) is 10.6 Å². The van der Waals surface area contributed by atoms with Crippen molar-refractivity contribution in [3.8, 4) is 0 Å². The molecule has 0 unspecified atom stereocenters. The monoisotopic (exact) mass is 322 g/mol. The van der Waals surface area contributed by atoms with Gasteiger partial charge in [-0.2, -0.15) is 0 Å². The highest BCUT2D eigenvalue weighted by atomic mass is 16.6. The second-order valence-electron chi connectivity index (χ2n) is 7.14. The Labute approximate surface area is 137 Å². The lowest BCUT2D eigenvalue weighted by Crippen LogP contribution is -2.32. The van der Waals surface area contributed by atoms with E-state index < -0.39 is 23.4 Å². The Balaban J connectivity index is 2.67. The van der Waals surface area contributed by atoms with Crippen molar-refractivity contribution in [3.63, 3.8) is 0 Å². The van der Waals surface area contributed by atoms with E-state index in [4.69, 9.17) is 9.47 Å². The summed E-state index contributed by atoms with van der Waals surface area (Å²) in [5.74, 6) is 0. The molecule has 0 aliphatic rings. The summed E-state index contributed by atoms with van der Waals surface area (Å²) in [7, 11) is 0. The molecule has 0 heterocycles. The minimum absolute atomic E-state index is 0.237. The Bertz CT molecular complexity index is 556. The minimum Gasteiger partial charge on any atom is -0.444 e. The molecule has 0 atom stereocenters. The number of ether oxygens (including phenoxy) is 2. The summed E-state index contributed by atoms with van der Waals surface area (Å²) in [6.07, 6.45) is -1.05. The second-order valence-corrected chi connectivity index (χ2v) is 7.14. The van der Waals surface area contributed by atoms with Crippen LogP contribution in [-0.2, 0) is 16.0 Å². The van der Waals surface area contributed by atoms with E-state index in [0.29, 0.717) is 5.69 Å². The maximum absolute atomic E-state index is 11.9. The third-order valence-electron chi connectivity index (χ3n) is 2.48. The average molecular weight is 322 g/mol. The molecule has 0 bridgehead atoms. The standard InChI is InChI=1S/C17H26N2O4/c1-16(2,3)22-14(20)18-11-12-9-7-8-10-13(12)19-15(21)23-17(4,5)6/h7-10H,11H2,1-6H3,(H,18,20)(H,19,21). The van der Waals surface area contributed by atoms with Crippen LogP contribution in [0.15, 0.2) is 24.3 Å². The number of nitrogens with one attached hydrogen (secondary N) is 2. The lowest BCUT2D eigenvalue weighted by molar-refractivity contribution is 0.0523. The topological polar surface area (TPSA) is 76.7 Å². The molecule has 0 radical (unpaired) electrons. The molecule has 1 aromatic rings. The van der Waals surface area contributed by atoms with Crippen LogP contribution in [0.25, 0.3) is 0 Å². The predicted molar refractivity (Wildman–Crippen MR) is 89.4 cm³/mol. The van der Waals surface area contributed by atoms with Gasteiger partial charge < -0.3 is 14.8 Å². The molecule has 0 aliphatic carbocycles. The molecule has 0 saturated carbocycles. The number of hydrogen-bond acceptors (Lipinski definition) is 4. The van der Waals surface area contributed by atoms with Gasteiger partial charge in [-0.05, 0) is 53.2 Å². The first kappa shape index (κ1) is 18.8. The number of carbonyl (C=O) groups is 2. The van der Waals surface area contributed by atoms with Gasteiger partial charge in [0.25, 0.3) is 0 Å². The number of carbonyl (C=O) groups excluding carboxylic acids is 2. The van der Waals surface area contributed by atoms with Gasteiger partial charge in [0.1, 0.15) is 11.2 Å². The number of benzene rings is 1. The molecule has 2 amide bonds. The quantitative estimate of drug-likeness (QED) is 0.880. The summed E-state index contributed by atoms with van der Waals surface area (Å²) in [5.41, 5.74) is 0.202. The van der Waals surface area contributed by atoms with Crippen molar-refractivity contribution in [1.29, 1.82) is 0 Å². The van der Waals surface area contributed by atoms with Crippen molar-refractivity contribution >= 4 is 17.9 Å². The predicted octanol–water partition coefficient (Wildman–Crippen LogP) is 4.06. The molecule has 2 N–H and O–H groups in total. The summed E-state index contributed by atoms with van der Waals surface area (Å²) in [6, 6.07) is 7.18. The SMILES string of the molecule is CC(C)(C)OC(=O)NCc1ccccc1NC(=O)OC(C)(C)C. The fourth-order valence-electron chi connectivity index (χ4n) is 1.69. The molecule has 1 rings (SSSR count). The van der Waals surface area contributed by atoms with Gasteiger partial charge in [-0.3, -0.25) is 5.32 Å². The van der Waals surface area contributed by atoms with E-state index in [9.17, 15) is 9.59 Å². The zero-order chi connectivity index (χ0) is 17.7. The molecule has 0 aromatic heterocycles. The van der Waals surface area contributed by atoms with Crippen molar-refractivity contribution in [2.45, 2.75) is 59.3 Å². The summed E-state index contributed by atoms with van der Waals surface area (Å²) in [5, 5.41) is 5.35. The van der Waals surface area contributed by atoms with Crippen molar-refractivity contribution in [3.05, 3.63) is 29.8 Å². The highest BCUT2D eigenvalue weighted by molar-refractivity contribution is 5.86. The summed E-state index contributed by atoms with van der Waals surface area (Å²) >= 11 is 0. The molecule has 128 valence electrons. The van der Waals surface area contributed by atoms with Gasteiger partial charge in [-0.1, -0.05) is 18.2 Å². The van der Waals surface area contributed by atoms with Crippen LogP contribution in [0.4, 0.5) is 15.3 Å². The average Bonchev–Trinajstić information content (AvgIpc) is 2.33. The van der Waals surface area contributed by atoms with Gasteiger partial charge in [-0.15, -0.1) is 0 Å². The molecular weight excluding hydrogens is 296 g/mol. The molecule has 0 aliphatic heterocycles. The third-order valence-corrected chi connectivity index (χ3v) is 2.48. The van der Waals surface area contributed by atoms with E-state index in [-0.39, 0.29) is 6.54 Å². The van der Waals surface area contributed by atoms with Crippen LogP contribution < -0.4 is 10.6 Å². The highest BCUT2D eigenvalue weighted by Crippen LogP contribution is 2.17. The fourth-order valence-corrected chi connectivity index (χ4v) is 1.69. The van der Waals surface area contributed by atoms with Crippen molar-refractivity contribution in [2.24, 2.45) is 0 Å². The minimum atomic E-state index is -0.576. The Hall–Kier alpha value is -2.24. The van der Waals surface area contributed by atoms with Gasteiger partial charge >= 0.3 is 12.2 Å². The number of alkyl carbamates (subject to hydrolysis) is 1. The van der Waals surface area contributed by atoms with Crippen LogP contribution in [-0.4, -0.2) is 23.4 Å². The zero-order valence-electron chi connectivity index (χ0n) is 14.6. The molecule has 6 nitrogen and oxygen atoms in total. The number of rotatable bonds is 3. The Kier molecular flexibility index (Phi) is 6.01. The molecule has 0 fully saturated rings. The molecular formula is C17H26N2O4. The maximum Gasteiger partial charge on any atom is 0.412 e. The van der Waals surface area contributed by atoms with Crippen LogP contribution in [0.2, 0.25) is 0 Å². The van der Waals surface area contributed by atoms with Crippen molar-refractivity contribution in [2.75, 3.05) is 5.32 Å². The van der Waals surface area contributed by atoms with Gasteiger partial charge in [0.2, 0.25) is 0 Å². The lowest BCUT2D eigenvalue weighted by Gasteiger charge is -2.21.